The summed E-state index contributed by atoms with van der Waals surface area (Å²) in [7, 11) is -3.21. The van der Waals surface area contributed by atoms with Crippen LogP contribution in [0.1, 0.15) is 12.8 Å². The molecule has 0 saturated carbocycles. The molecule has 0 aromatic heterocycles. The Morgan fingerprint density at radius 2 is 2.15 bits per heavy atom. The van der Waals surface area contributed by atoms with Crippen LogP contribution in [0.4, 0.5) is 0 Å². The Kier molecular flexibility index (Phi) is 4.03. The Morgan fingerprint density at radius 1 is 1.45 bits per heavy atom. The monoisotopic (exact) mass is 306 g/mol. The number of carboxylic acids is 1. The molecular weight excluding hydrogens is 288 g/mol. The molecule has 2 aliphatic rings. The van der Waals surface area contributed by atoms with Gasteiger partial charge in [-0.1, -0.05) is 0 Å². The number of hydrogen-bond acceptors (Lipinski definition) is 6. The van der Waals surface area contributed by atoms with Crippen molar-refractivity contribution in [3.05, 3.63) is 0 Å². The van der Waals surface area contributed by atoms with Gasteiger partial charge in [0.05, 0.1) is 18.1 Å². The van der Waals surface area contributed by atoms with Crippen molar-refractivity contribution in [1.82, 2.24) is 4.90 Å². The van der Waals surface area contributed by atoms with Crippen LogP contribution in [0.2, 0.25) is 0 Å². The van der Waals surface area contributed by atoms with E-state index < -0.39 is 39.8 Å². The summed E-state index contributed by atoms with van der Waals surface area (Å²) in [5, 5.41) is 8.93. The Hall–Kier alpha value is -1.19. The van der Waals surface area contributed by atoms with Gasteiger partial charge in [0.1, 0.15) is 12.1 Å². The largest absolute Gasteiger partial charge is 0.480 e. The topological polar surface area (TPSA) is 127 Å². The number of aliphatic carboxylic acids is 1. The lowest BCUT2D eigenvalue weighted by molar-refractivity contribution is -0.148. The predicted octanol–water partition coefficient (Wildman–Crippen LogP) is -1.80. The number of ether oxygens (including phenoxy) is 1. The summed E-state index contributed by atoms with van der Waals surface area (Å²) in [6, 6.07) is -0.621. The van der Waals surface area contributed by atoms with Gasteiger partial charge in [0.15, 0.2) is 9.84 Å². The minimum Gasteiger partial charge on any atom is -0.480 e. The molecule has 2 heterocycles. The fourth-order valence-electron chi connectivity index (χ4n) is 2.57. The van der Waals surface area contributed by atoms with Crippen molar-refractivity contribution in [2.24, 2.45) is 5.73 Å². The molecule has 0 aromatic carbocycles. The number of carbonyl (C=O) groups excluding carboxylic acids is 1. The van der Waals surface area contributed by atoms with Crippen molar-refractivity contribution in [2.75, 3.05) is 31.3 Å². The fraction of sp³-hybridized carbons (Fsp3) is 0.818. The molecule has 2 saturated heterocycles. The van der Waals surface area contributed by atoms with Crippen molar-refractivity contribution in [3.63, 3.8) is 0 Å². The molecule has 2 fully saturated rings. The molecule has 2 rings (SSSR count). The third-order valence-corrected chi connectivity index (χ3v) is 5.44. The third kappa shape index (κ3) is 3.10. The number of amides is 1. The Morgan fingerprint density at radius 3 is 2.60 bits per heavy atom. The number of sulfone groups is 1. The first-order valence-electron chi connectivity index (χ1n) is 6.33. The summed E-state index contributed by atoms with van der Waals surface area (Å²) in [6.45, 7) is -0.175. The zero-order valence-electron chi connectivity index (χ0n) is 10.9. The molecule has 9 heteroatoms. The summed E-state index contributed by atoms with van der Waals surface area (Å²) in [4.78, 5) is 24.5. The zero-order chi connectivity index (χ0) is 15.0. The second kappa shape index (κ2) is 5.30. The predicted molar refractivity (Wildman–Crippen MR) is 68.8 cm³/mol. The van der Waals surface area contributed by atoms with Gasteiger partial charge in [-0.2, -0.15) is 0 Å². The second-order valence-corrected chi connectivity index (χ2v) is 7.57. The van der Waals surface area contributed by atoms with Gasteiger partial charge in [-0.25, -0.2) is 8.42 Å². The van der Waals surface area contributed by atoms with Crippen molar-refractivity contribution >= 4 is 21.7 Å². The minimum absolute atomic E-state index is 0.0292. The van der Waals surface area contributed by atoms with Gasteiger partial charge in [0.25, 0.3) is 0 Å². The molecule has 114 valence electrons. The van der Waals surface area contributed by atoms with E-state index in [0.717, 1.165) is 4.90 Å². The summed E-state index contributed by atoms with van der Waals surface area (Å²) < 4.78 is 28.1. The first kappa shape index (κ1) is 15.2. The Balaban J connectivity index is 2.19. The van der Waals surface area contributed by atoms with E-state index in [9.17, 15) is 18.0 Å². The van der Waals surface area contributed by atoms with E-state index in [1.165, 1.54) is 0 Å². The van der Waals surface area contributed by atoms with Crippen LogP contribution >= 0.6 is 0 Å². The van der Waals surface area contributed by atoms with E-state index in [0.29, 0.717) is 13.0 Å². The van der Waals surface area contributed by atoms with E-state index in [1.54, 1.807) is 0 Å². The normalized spacial score (nSPS) is 32.1. The van der Waals surface area contributed by atoms with Crippen molar-refractivity contribution < 1.29 is 27.9 Å². The SMILES string of the molecule is NC1(C(=O)N(CC(=O)O)C2CCS(=O)(=O)C2)CCOC1. The molecule has 8 nitrogen and oxygen atoms in total. The molecule has 2 aliphatic heterocycles. The molecule has 2 atom stereocenters. The second-order valence-electron chi connectivity index (χ2n) is 5.34. The highest BCUT2D eigenvalue weighted by molar-refractivity contribution is 7.91. The molecular formula is C11H18N2O6S. The summed E-state index contributed by atoms with van der Waals surface area (Å²) in [6.07, 6.45) is 0.555. The van der Waals surface area contributed by atoms with Gasteiger partial charge < -0.3 is 20.5 Å². The number of carboxylic acid groups (broad SMARTS) is 1. The number of hydrogen-bond donors (Lipinski definition) is 2. The minimum atomic E-state index is -3.21. The Labute approximate surface area is 116 Å². The lowest BCUT2D eigenvalue weighted by atomic mass is 9.97. The van der Waals surface area contributed by atoms with E-state index in [-0.39, 0.29) is 24.5 Å². The highest BCUT2D eigenvalue weighted by atomic mass is 32.2. The zero-order valence-corrected chi connectivity index (χ0v) is 11.8. The standard InChI is InChI=1S/C11H18N2O6S/c12-11(2-3-19-7-11)10(16)13(5-9(14)15)8-1-4-20(17,18)6-8/h8H,1-7,12H2,(H,14,15). The average molecular weight is 306 g/mol. The van der Waals surface area contributed by atoms with Crippen LogP contribution in [-0.2, 0) is 24.2 Å². The number of nitrogens with two attached hydrogens (primary N) is 1. The lowest BCUT2D eigenvalue weighted by Gasteiger charge is -2.33. The van der Waals surface area contributed by atoms with Crippen LogP contribution in [0.5, 0.6) is 0 Å². The molecule has 0 spiro atoms. The quantitative estimate of drug-likeness (QED) is 0.627. The molecule has 0 radical (unpaired) electrons. The van der Waals surface area contributed by atoms with E-state index in [1.807, 2.05) is 0 Å². The molecule has 3 N–H and O–H groups in total. The van der Waals surface area contributed by atoms with Crippen molar-refractivity contribution in [2.45, 2.75) is 24.4 Å². The van der Waals surface area contributed by atoms with E-state index in [4.69, 9.17) is 15.6 Å². The summed E-state index contributed by atoms with van der Waals surface area (Å²) in [5.41, 5.74) is 4.71. The molecule has 1 amide bonds. The first-order valence-corrected chi connectivity index (χ1v) is 8.16. The van der Waals surface area contributed by atoms with Gasteiger partial charge in [-0.15, -0.1) is 0 Å². The van der Waals surface area contributed by atoms with Gasteiger partial charge in [0.2, 0.25) is 5.91 Å². The maximum absolute atomic E-state index is 12.5. The fourth-order valence-corrected chi connectivity index (χ4v) is 4.30. The summed E-state index contributed by atoms with van der Waals surface area (Å²) >= 11 is 0. The van der Waals surface area contributed by atoms with Gasteiger partial charge >= 0.3 is 5.97 Å². The van der Waals surface area contributed by atoms with Crippen LogP contribution in [-0.4, -0.2) is 73.1 Å². The lowest BCUT2D eigenvalue weighted by Crippen LogP contribution is -2.59. The maximum Gasteiger partial charge on any atom is 0.323 e. The molecule has 20 heavy (non-hydrogen) atoms. The molecule has 0 aromatic rings. The maximum atomic E-state index is 12.5. The van der Waals surface area contributed by atoms with Crippen LogP contribution in [0.3, 0.4) is 0 Å². The highest BCUT2D eigenvalue weighted by Crippen LogP contribution is 2.24. The molecule has 0 bridgehead atoms. The number of carbonyl (C=O) groups is 2. The number of rotatable bonds is 4. The summed E-state index contributed by atoms with van der Waals surface area (Å²) in [5.74, 6) is -1.97. The Bertz CT molecular complexity index is 511. The van der Waals surface area contributed by atoms with Gasteiger partial charge in [0, 0.05) is 12.6 Å². The van der Waals surface area contributed by atoms with Crippen LogP contribution in [0, 0.1) is 0 Å². The first-order chi connectivity index (χ1) is 9.23. The van der Waals surface area contributed by atoms with Crippen LogP contribution in [0.25, 0.3) is 0 Å². The number of nitrogens with zero attached hydrogens (tertiary/aromatic N) is 1. The average Bonchev–Trinajstić information content (AvgIpc) is 2.92. The highest BCUT2D eigenvalue weighted by Gasteiger charge is 2.45. The van der Waals surface area contributed by atoms with Gasteiger partial charge in [-0.05, 0) is 12.8 Å². The van der Waals surface area contributed by atoms with Gasteiger partial charge in [-0.3, -0.25) is 9.59 Å². The third-order valence-electron chi connectivity index (χ3n) is 3.69. The van der Waals surface area contributed by atoms with E-state index in [2.05, 4.69) is 0 Å². The molecule has 0 aliphatic carbocycles. The van der Waals surface area contributed by atoms with Crippen LogP contribution < -0.4 is 5.73 Å². The van der Waals surface area contributed by atoms with Crippen molar-refractivity contribution in [3.8, 4) is 0 Å². The smallest absolute Gasteiger partial charge is 0.323 e. The van der Waals surface area contributed by atoms with Crippen LogP contribution in [0.15, 0.2) is 0 Å². The van der Waals surface area contributed by atoms with Crippen molar-refractivity contribution in [1.29, 1.82) is 0 Å². The van der Waals surface area contributed by atoms with E-state index >= 15 is 0 Å². The molecule has 2 unspecified atom stereocenters.